The molecular formula is C11H11ClN2. The van der Waals surface area contributed by atoms with Crippen LogP contribution in [0.25, 0.3) is 11.3 Å². The van der Waals surface area contributed by atoms with Gasteiger partial charge in [0.1, 0.15) is 0 Å². The van der Waals surface area contributed by atoms with Crippen molar-refractivity contribution >= 4 is 11.6 Å². The highest BCUT2D eigenvalue weighted by Crippen LogP contribution is 2.20. The van der Waals surface area contributed by atoms with Gasteiger partial charge in [-0.2, -0.15) is 5.10 Å². The van der Waals surface area contributed by atoms with Crippen LogP contribution in [0.15, 0.2) is 30.3 Å². The predicted octanol–water partition coefficient (Wildman–Crippen LogP) is 3.05. The Morgan fingerprint density at radius 2 is 1.86 bits per heavy atom. The fourth-order valence-electron chi connectivity index (χ4n) is 1.32. The number of hydrogen-bond donors (Lipinski definition) is 0. The first-order valence-corrected chi connectivity index (χ1v) is 4.81. The molecule has 0 fully saturated rings. The molecule has 0 aliphatic rings. The summed E-state index contributed by atoms with van der Waals surface area (Å²) in [5.41, 5.74) is 3.23. The molecule has 0 aliphatic carbocycles. The van der Waals surface area contributed by atoms with Crippen LogP contribution in [0.4, 0.5) is 0 Å². The lowest BCUT2D eigenvalue weighted by Crippen LogP contribution is -1.92. The van der Waals surface area contributed by atoms with Gasteiger partial charge in [0, 0.05) is 23.3 Å². The van der Waals surface area contributed by atoms with E-state index in [2.05, 4.69) is 11.2 Å². The lowest BCUT2D eigenvalue weighted by atomic mass is 10.1. The summed E-state index contributed by atoms with van der Waals surface area (Å²) in [5, 5.41) is 5.14. The quantitative estimate of drug-likeness (QED) is 0.701. The largest absolute Gasteiger partial charge is 0.272 e. The molecule has 0 bridgehead atoms. The molecule has 72 valence electrons. The maximum Gasteiger partial charge on any atom is 0.0925 e. The van der Waals surface area contributed by atoms with Crippen LogP contribution in [0.2, 0.25) is 5.02 Å². The maximum absolute atomic E-state index is 5.81. The van der Waals surface area contributed by atoms with E-state index in [9.17, 15) is 0 Å². The molecule has 0 amide bonds. The van der Waals surface area contributed by atoms with E-state index in [0.29, 0.717) is 0 Å². The molecule has 0 radical (unpaired) electrons. The number of aryl methyl sites for hydroxylation is 2. The first kappa shape index (κ1) is 9.28. The number of aromatic nitrogens is 2. The fraction of sp³-hybridized carbons (Fsp3) is 0.182. The van der Waals surface area contributed by atoms with Crippen LogP contribution in [0.1, 0.15) is 5.69 Å². The number of nitrogens with zero attached hydrogens (tertiary/aromatic N) is 2. The third-order valence-electron chi connectivity index (χ3n) is 2.25. The van der Waals surface area contributed by atoms with Gasteiger partial charge in [-0.1, -0.05) is 23.7 Å². The number of hydrogen-bond acceptors (Lipinski definition) is 1. The van der Waals surface area contributed by atoms with Crippen LogP contribution in [0.3, 0.4) is 0 Å². The molecule has 0 saturated carbocycles. The second-order valence-corrected chi connectivity index (χ2v) is 3.74. The molecule has 2 rings (SSSR count). The molecule has 1 aromatic carbocycles. The summed E-state index contributed by atoms with van der Waals surface area (Å²) in [5.74, 6) is 0. The van der Waals surface area contributed by atoms with Gasteiger partial charge in [0.2, 0.25) is 0 Å². The zero-order valence-electron chi connectivity index (χ0n) is 8.16. The van der Waals surface area contributed by atoms with Gasteiger partial charge in [-0.3, -0.25) is 4.68 Å². The molecule has 14 heavy (non-hydrogen) atoms. The van der Waals surface area contributed by atoms with Crippen molar-refractivity contribution in [3.8, 4) is 11.3 Å². The Balaban J connectivity index is 2.44. The molecule has 0 aliphatic heterocycles. The molecule has 0 saturated heterocycles. The second kappa shape index (κ2) is 3.46. The minimum absolute atomic E-state index is 0.751. The maximum atomic E-state index is 5.81. The highest BCUT2D eigenvalue weighted by Gasteiger charge is 2.03. The summed E-state index contributed by atoms with van der Waals surface area (Å²) in [6, 6.07) is 9.76. The van der Waals surface area contributed by atoms with Gasteiger partial charge in [-0.15, -0.1) is 0 Å². The summed E-state index contributed by atoms with van der Waals surface area (Å²) in [4.78, 5) is 0. The van der Waals surface area contributed by atoms with Crippen LogP contribution in [0.5, 0.6) is 0 Å². The van der Waals surface area contributed by atoms with E-state index >= 15 is 0 Å². The van der Waals surface area contributed by atoms with Crippen molar-refractivity contribution in [2.45, 2.75) is 6.92 Å². The summed E-state index contributed by atoms with van der Waals surface area (Å²) < 4.78 is 1.87. The van der Waals surface area contributed by atoms with Gasteiger partial charge in [-0.05, 0) is 25.1 Å². The van der Waals surface area contributed by atoms with Crippen LogP contribution in [-0.2, 0) is 7.05 Å². The topological polar surface area (TPSA) is 17.8 Å². The minimum Gasteiger partial charge on any atom is -0.272 e. The van der Waals surface area contributed by atoms with E-state index in [1.54, 1.807) is 0 Å². The van der Waals surface area contributed by atoms with Gasteiger partial charge in [0.25, 0.3) is 0 Å². The Morgan fingerprint density at radius 1 is 1.21 bits per heavy atom. The minimum atomic E-state index is 0.751. The average molecular weight is 207 g/mol. The third kappa shape index (κ3) is 1.66. The normalized spacial score (nSPS) is 10.5. The lowest BCUT2D eigenvalue weighted by molar-refractivity contribution is 0.743. The van der Waals surface area contributed by atoms with Crippen molar-refractivity contribution in [1.82, 2.24) is 9.78 Å². The molecular weight excluding hydrogens is 196 g/mol. The number of benzene rings is 1. The summed E-state index contributed by atoms with van der Waals surface area (Å²) in [6.07, 6.45) is 0. The Kier molecular flexibility index (Phi) is 2.30. The summed E-state index contributed by atoms with van der Waals surface area (Å²) in [7, 11) is 1.94. The van der Waals surface area contributed by atoms with E-state index in [1.807, 2.05) is 42.9 Å². The second-order valence-electron chi connectivity index (χ2n) is 3.30. The third-order valence-corrected chi connectivity index (χ3v) is 2.51. The summed E-state index contributed by atoms with van der Waals surface area (Å²) >= 11 is 5.81. The Bertz CT molecular complexity index is 423. The van der Waals surface area contributed by atoms with E-state index in [0.717, 1.165) is 22.0 Å². The smallest absolute Gasteiger partial charge is 0.0925 e. The van der Waals surface area contributed by atoms with Crippen LogP contribution in [0, 0.1) is 6.92 Å². The van der Waals surface area contributed by atoms with E-state index in [-0.39, 0.29) is 0 Å². The first-order valence-electron chi connectivity index (χ1n) is 4.43. The van der Waals surface area contributed by atoms with Gasteiger partial charge in [0.05, 0.1) is 5.69 Å². The molecule has 0 spiro atoms. The van der Waals surface area contributed by atoms with E-state index < -0.39 is 0 Å². The molecule has 1 heterocycles. The van der Waals surface area contributed by atoms with Crippen LogP contribution < -0.4 is 0 Å². The molecule has 2 nitrogen and oxygen atoms in total. The van der Waals surface area contributed by atoms with E-state index in [1.165, 1.54) is 0 Å². The van der Waals surface area contributed by atoms with E-state index in [4.69, 9.17) is 11.6 Å². The number of halogens is 1. The molecule has 0 N–H and O–H groups in total. The average Bonchev–Trinajstić information content (AvgIpc) is 2.48. The Labute approximate surface area is 88.1 Å². The molecule has 3 heteroatoms. The van der Waals surface area contributed by atoms with Crippen LogP contribution >= 0.6 is 11.6 Å². The van der Waals surface area contributed by atoms with Crippen molar-refractivity contribution in [3.63, 3.8) is 0 Å². The molecule has 0 unspecified atom stereocenters. The Morgan fingerprint density at radius 3 is 2.36 bits per heavy atom. The van der Waals surface area contributed by atoms with Crippen molar-refractivity contribution in [3.05, 3.63) is 41.0 Å². The first-order chi connectivity index (χ1) is 6.66. The zero-order valence-corrected chi connectivity index (χ0v) is 8.92. The van der Waals surface area contributed by atoms with Crippen molar-refractivity contribution in [1.29, 1.82) is 0 Å². The SMILES string of the molecule is Cc1cc(-c2ccc(Cl)cc2)nn1C. The number of rotatable bonds is 1. The van der Waals surface area contributed by atoms with Gasteiger partial charge in [-0.25, -0.2) is 0 Å². The molecule has 0 atom stereocenters. The van der Waals surface area contributed by atoms with Crippen molar-refractivity contribution in [2.75, 3.05) is 0 Å². The standard InChI is InChI=1S/C11H11ClN2/c1-8-7-11(13-14(8)2)9-3-5-10(12)6-4-9/h3-7H,1-2H3. The van der Waals surface area contributed by atoms with Crippen LogP contribution in [-0.4, -0.2) is 9.78 Å². The van der Waals surface area contributed by atoms with Gasteiger partial charge < -0.3 is 0 Å². The van der Waals surface area contributed by atoms with Gasteiger partial charge >= 0.3 is 0 Å². The lowest BCUT2D eigenvalue weighted by Gasteiger charge is -1.95. The molecule has 2 aromatic rings. The van der Waals surface area contributed by atoms with Crippen molar-refractivity contribution < 1.29 is 0 Å². The highest BCUT2D eigenvalue weighted by atomic mass is 35.5. The zero-order chi connectivity index (χ0) is 10.1. The molecule has 1 aromatic heterocycles. The highest BCUT2D eigenvalue weighted by molar-refractivity contribution is 6.30. The predicted molar refractivity (Wildman–Crippen MR) is 58.4 cm³/mol. The Hall–Kier alpha value is -1.28. The summed E-state index contributed by atoms with van der Waals surface area (Å²) in [6.45, 7) is 2.03. The van der Waals surface area contributed by atoms with Gasteiger partial charge in [0.15, 0.2) is 0 Å². The fourth-order valence-corrected chi connectivity index (χ4v) is 1.45. The van der Waals surface area contributed by atoms with Crippen molar-refractivity contribution in [2.24, 2.45) is 7.05 Å². The monoisotopic (exact) mass is 206 g/mol.